The van der Waals surface area contributed by atoms with Crippen molar-refractivity contribution in [3.63, 3.8) is 0 Å². The van der Waals surface area contributed by atoms with Gasteiger partial charge in [-0.25, -0.2) is 0 Å². The Bertz CT molecular complexity index is 914. The van der Waals surface area contributed by atoms with Crippen LogP contribution in [0.25, 0.3) is 0 Å². The molecule has 3 amide bonds. The molecule has 1 heterocycles. The third-order valence-corrected chi connectivity index (χ3v) is 6.26. The summed E-state index contributed by atoms with van der Waals surface area (Å²) in [6.45, 7) is 1.96. The molecule has 0 aromatic heterocycles. The first-order valence-electron chi connectivity index (χ1n) is 9.38. The zero-order valence-electron chi connectivity index (χ0n) is 15.7. The lowest BCUT2D eigenvalue weighted by Crippen LogP contribution is -2.28. The van der Waals surface area contributed by atoms with Crippen molar-refractivity contribution >= 4 is 46.5 Å². The highest BCUT2D eigenvalue weighted by Gasteiger charge is 2.59. The Hall–Kier alpha value is -2.43. The number of ether oxygens (including phenoxy) is 2. The standard InChI is InChI=1S/C20H20IN3O5/c1-2-28-14-6-10(5-13(21)18(14)29-9-15(22)25)8-23-24-19(26)16-11-3-4-12(7-11)17(16)20(24)27/h3-6,8,11-12,16-17H,2,7,9H2,1H3,(H2,22,25)/t11-,12-,16-,17+/m0/s1. The minimum Gasteiger partial charge on any atom is -0.490 e. The Morgan fingerprint density at radius 1 is 1.24 bits per heavy atom. The SMILES string of the molecule is CCOc1cc(C=NN2C(=O)[C@@H]3[C@H](C2=O)[C@H]2C=C[C@H]3C2)cc(I)c1OCC(N)=O. The van der Waals surface area contributed by atoms with Gasteiger partial charge in [0.25, 0.3) is 17.7 Å². The Morgan fingerprint density at radius 3 is 2.48 bits per heavy atom. The fourth-order valence-electron chi connectivity index (χ4n) is 4.33. The minimum atomic E-state index is -0.589. The maximum absolute atomic E-state index is 12.7. The van der Waals surface area contributed by atoms with Gasteiger partial charge in [0.2, 0.25) is 0 Å². The molecular formula is C20H20IN3O5. The van der Waals surface area contributed by atoms with Gasteiger partial charge in [0, 0.05) is 0 Å². The van der Waals surface area contributed by atoms with Crippen molar-refractivity contribution in [2.45, 2.75) is 13.3 Å². The highest BCUT2D eigenvalue weighted by molar-refractivity contribution is 14.1. The number of rotatable bonds is 7. The van der Waals surface area contributed by atoms with Crippen molar-refractivity contribution in [3.8, 4) is 11.5 Å². The van der Waals surface area contributed by atoms with E-state index in [0.717, 1.165) is 11.4 Å². The highest BCUT2D eigenvalue weighted by Crippen LogP contribution is 2.52. The molecule has 0 unspecified atom stereocenters. The number of imide groups is 1. The summed E-state index contributed by atoms with van der Waals surface area (Å²) < 4.78 is 11.7. The van der Waals surface area contributed by atoms with Gasteiger partial charge in [-0.3, -0.25) is 14.4 Å². The van der Waals surface area contributed by atoms with E-state index in [1.807, 2.05) is 19.1 Å². The summed E-state index contributed by atoms with van der Waals surface area (Å²) in [4.78, 5) is 36.5. The van der Waals surface area contributed by atoms with Crippen LogP contribution in [0.15, 0.2) is 29.4 Å². The molecule has 0 radical (unpaired) electrons. The largest absolute Gasteiger partial charge is 0.490 e. The lowest BCUT2D eigenvalue weighted by molar-refractivity contribution is -0.140. The lowest BCUT2D eigenvalue weighted by atomic mass is 9.85. The molecule has 1 aromatic carbocycles. The first-order chi connectivity index (χ1) is 13.9. The van der Waals surface area contributed by atoms with Crippen LogP contribution in [0.4, 0.5) is 0 Å². The third kappa shape index (κ3) is 3.52. The Balaban J connectivity index is 1.56. The number of amides is 3. The Labute approximate surface area is 181 Å². The summed E-state index contributed by atoms with van der Waals surface area (Å²) >= 11 is 2.05. The lowest BCUT2D eigenvalue weighted by Gasteiger charge is -2.14. The van der Waals surface area contributed by atoms with Crippen molar-refractivity contribution in [2.75, 3.05) is 13.2 Å². The van der Waals surface area contributed by atoms with E-state index in [2.05, 4.69) is 27.7 Å². The second-order valence-electron chi connectivity index (χ2n) is 7.25. The highest BCUT2D eigenvalue weighted by atomic mass is 127. The van der Waals surface area contributed by atoms with Crippen LogP contribution in [0.1, 0.15) is 18.9 Å². The Morgan fingerprint density at radius 2 is 1.90 bits per heavy atom. The van der Waals surface area contributed by atoms with Gasteiger partial charge in [-0.15, -0.1) is 0 Å². The van der Waals surface area contributed by atoms with Gasteiger partial charge < -0.3 is 15.2 Å². The number of hydrogen-bond donors (Lipinski definition) is 1. The van der Waals surface area contributed by atoms with E-state index in [1.165, 1.54) is 6.21 Å². The minimum absolute atomic E-state index is 0.147. The molecule has 2 aliphatic carbocycles. The smallest absolute Gasteiger partial charge is 0.255 e. The average molecular weight is 509 g/mol. The van der Waals surface area contributed by atoms with Crippen LogP contribution in [0.2, 0.25) is 0 Å². The maximum Gasteiger partial charge on any atom is 0.255 e. The van der Waals surface area contributed by atoms with Crippen LogP contribution < -0.4 is 15.2 Å². The quantitative estimate of drug-likeness (QED) is 0.260. The molecule has 1 aromatic rings. The monoisotopic (exact) mass is 509 g/mol. The summed E-state index contributed by atoms with van der Waals surface area (Å²) in [6.07, 6.45) is 6.44. The molecule has 2 N–H and O–H groups in total. The molecule has 4 rings (SSSR count). The molecule has 4 atom stereocenters. The average Bonchev–Trinajstić information content (AvgIpc) is 3.34. The fraction of sp³-hybridized carbons (Fsp3) is 0.400. The molecule has 2 bridgehead atoms. The first kappa shape index (κ1) is 19.9. The number of hydrazone groups is 1. The van der Waals surface area contributed by atoms with Crippen LogP contribution in [0.3, 0.4) is 0 Å². The van der Waals surface area contributed by atoms with Crippen LogP contribution in [0, 0.1) is 27.2 Å². The molecule has 29 heavy (non-hydrogen) atoms. The van der Waals surface area contributed by atoms with Crippen LogP contribution >= 0.6 is 22.6 Å². The van der Waals surface area contributed by atoms with Crippen LogP contribution in [-0.4, -0.2) is 42.2 Å². The van der Waals surface area contributed by atoms with Gasteiger partial charge in [-0.1, -0.05) is 12.2 Å². The number of fused-ring (bicyclic) bond motifs is 5. The number of nitrogens with zero attached hydrogens (tertiary/aromatic N) is 2. The van der Waals surface area contributed by atoms with E-state index in [9.17, 15) is 14.4 Å². The van der Waals surface area contributed by atoms with E-state index in [1.54, 1.807) is 12.1 Å². The summed E-state index contributed by atoms with van der Waals surface area (Å²) in [7, 11) is 0. The van der Waals surface area contributed by atoms with E-state index in [4.69, 9.17) is 15.2 Å². The van der Waals surface area contributed by atoms with Crippen molar-refractivity contribution in [1.29, 1.82) is 0 Å². The molecule has 1 aliphatic heterocycles. The van der Waals surface area contributed by atoms with Crippen molar-refractivity contribution in [3.05, 3.63) is 33.4 Å². The van der Waals surface area contributed by atoms with Gasteiger partial charge in [0.15, 0.2) is 18.1 Å². The van der Waals surface area contributed by atoms with Crippen molar-refractivity contribution in [2.24, 2.45) is 34.5 Å². The van der Waals surface area contributed by atoms with Gasteiger partial charge >= 0.3 is 0 Å². The number of allylic oxidation sites excluding steroid dienone is 2. The third-order valence-electron chi connectivity index (χ3n) is 5.46. The van der Waals surface area contributed by atoms with Crippen molar-refractivity contribution < 1.29 is 23.9 Å². The number of carbonyl (C=O) groups is 3. The van der Waals surface area contributed by atoms with E-state index in [-0.39, 0.29) is 42.1 Å². The predicted molar refractivity (Wildman–Crippen MR) is 112 cm³/mol. The maximum atomic E-state index is 12.7. The number of hydrogen-bond acceptors (Lipinski definition) is 6. The summed E-state index contributed by atoms with van der Waals surface area (Å²) in [5.74, 6) is -0.467. The number of primary amides is 1. The molecule has 1 saturated carbocycles. The summed E-state index contributed by atoms with van der Waals surface area (Å²) in [6, 6.07) is 3.45. The zero-order valence-corrected chi connectivity index (χ0v) is 17.9. The fourth-order valence-corrected chi connectivity index (χ4v) is 5.11. The molecule has 3 aliphatic rings. The molecular weight excluding hydrogens is 489 g/mol. The Kier molecular flexibility index (Phi) is 5.32. The van der Waals surface area contributed by atoms with E-state index in [0.29, 0.717) is 27.2 Å². The normalized spacial score (nSPS) is 27.2. The van der Waals surface area contributed by atoms with Gasteiger partial charge in [-0.2, -0.15) is 10.1 Å². The van der Waals surface area contributed by atoms with Gasteiger partial charge in [0.05, 0.1) is 28.2 Å². The van der Waals surface area contributed by atoms with E-state index >= 15 is 0 Å². The summed E-state index contributed by atoms with van der Waals surface area (Å²) in [5, 5.41) is 5.19. The zero-order chi connectivity index (χ0) is 20.7. The molecule has 152 valence electrons. The second kappa shape index (κ2) is 7.77. The molecule has 9 heteroatoms. The molecule has 2 fully saturated rings. The van der Waals surface area contributed by atoms with Crippen molar-refractivity contribution in [1.82, 2.24) is 5.01 Å². The number of nitrogens with two attached hydrogens (primary N) is 1. The number of carbonyl (C=O) groups excluding carboxylic acids is 3. The predicted octanol–water partition coefficient (Wildman–Crippen LogP) is 1.69. The second-order valence-corrected chi connectivity index (χ2v) is 8.41. The summed E-state index contributed by atoms with van der Waals surface area (Å²) in [5.41, 5.74) is 5.79. The molecule has 0 spiro atoms. The van der Waals surface area contributed by atoms with E-state index < -0.39 is 5.91 Å². The van der Waals surface area contributed by atoms with Gasteiger partial charge in [-0.05, 0) is 65.5 Å². The topological polar surface area (TPSA) is 111 Å². The van der Waals surface area contributed by atoms with Crippen LogP contribution in [-0.2, 0) is 14.4 Å². The first-order valence-corrected chi connectivity index (χ1v) is 10.5. The van der Waals surface area contributed by atoms with Crippen LogP contribution in [0.5, 0.6) is 11.5 Å². The van der Waals surface area contributed by atoms with Gasteiger partial charge in [0.1, 0.15) is 0 Å². The number of benzene rings is 1. The molecule has 1 saturated heterocycles. The number of halogens is 1. The molecule has 8 nitrogen and oxygen atoms in total.